The summed E-state index contributed by atoms with van der Waals surface area (Å²) < 4.78 is 33.7. The van der Waals surface area contributed by atoms with Gasteiger partial charge in [-0.15, -0.1) is 0 Å². The molecule has 0 unspecified atom stereocenters. The van der Waals surface area contributed by atoms with Gasteiger partial charge in [0, 0.05) is 43.8 Å². The third-order valence-corrected chi connectivity index (χ3v) is 8.83. The van der Waals surface area contributed by atoms with Gasteiger partial charge >= 0.3 is 12.1 Å². The summed E-state index contributed by atoms with van der Waals surface area (Å²) in [5.74, 6) is -2.64. The first-order valence-electron chi connectivity index (χ1n) is 13.8. The molecular formula is C28H35F3N4O4S. The number of nitrogens with zero attached hydrogens (tertiary/aromatic N) is 3. The molecule has 0 spiro atoms. The van der Waals surface area contributed by atoms with Crippen LogP contribution in [0.1, 0.15) is 74.2 Å². The van der Waals surface area contributed by atoms with Gasteiger partial charge in [0.1, 0.15) is 0 Å². The summed E-state index contributed by atoms with van der Waals surface area (Å²) in [6.45, 7) is 2.45. The average molecular weight is 581 g/mol. The van der Waals surface area contributed by atoms with Gasteiger partial charge in [0.05, 0.1) is 17.8 Å². The van der Waals surface area contributed by atoms with Crippen LogP contribution in [0, 0.1) is 0 Å². The standard InChI is InChI=1S/C26H34N4O2S.C2HF3O2/c31-24(13-15-27-17-19-7-2-1-3-8-19)29-16-14-23-22(18-29)25(32)30(20-9-4-5-10-20)26(28-23)33-21-11-6-12-21;3-2(4,5)1(6)7/h1-3,7-8,20-21,27H,4-6,9-18H2;(H,6,7). The summed E-state index contributed by atoms with van der Waals surface area (Å²) in [5, 5.41) is 12.0. The van der Waals surface area contributed by atoms with E-state index in [0.29, 0.717) is 37.7 Å². The highest BCUT2D eigenvalue weighted by Gasteiger charge is 2.38. The Hall–Kier alpha value is -2.86. The molecule has 218 valence electrons. The number of alkyl halides is 3. The van der Waals surface area contributed by atoms with Crippen LogP contribution in [0.5, 0.6) is 0 Å². The zero-order valence-corrected chi connectivity index (χ0v) is 23.1. The number of hydrogen-bond acceptors (Lipinski definition) is 6. The van der Waals surface area contributed by atoms with E-state index in [0.717, 1.165) is 35.8 Å². The molecule has 12 heteroatoms. The minimum Gasteiger partial charge on any atom is -0.475 e. The second-order valence-electron chi connectivity index (χ2n) is 10.4. The fourth-order valence-electron chi connectivity index (χ4n) is 5.07. The van der Waals surface area contributed by atoms with Gasteiger partial charge in [-0.2, -0.15) is 13.2 Å². The molecule has 1 aromatic heterocycles. The van der Waals surface area contributed by atoms with E-state index in [-0.39, 0.29) is 17.5 Å². The maximum Gasteiger partial charge on any atom is 0.490 e. The molecule has 8 nitrogen and oxygen atoms in total. The highest BCUT2D eigenvalue weighted by molar-refractivity contribution is 7.99. The molecule has 0 radical (unpaired) electrons. The molecule has 1 aliphatic heterocycles. The SMILES string of the molecule is O=C(CCNCc1ccccc1)N1CCc2nc(SC3CCC3)n(C3CCCC3)c(=O)c2C1.O=C(O)C(F)(F)F. The molecule has 1 amide bonds. The fraction of sp³-hybridized carbons (Fsp3) is 0.571. The van der Waals surface area contributed by atoms with Crippen LogP contribution in [-0.2, 0) is 29.1 Å². The number of benzene rings is 1. The van der Waals surface area contributed by atoms with Crippen molar-refractivity contribution in [1.82, 2.24) is 19.8 Å². The number of nitrogens with one attached hydrogen (secondary N) is 1. The monoisotopic (exact) mass is 580 g/mol. The van der Waals surface area contributed by atoms with Crippen LogP contribution in [0.2, 0.25) is 0 Å². The molecule has 3 aliphatic rings. The number of thioether (sulfide) groups is 1. The van der Waals surface area contributed by atoms with Crippen LogP contribution >= 0.6 is 11.8 Å². The lowest BCUT2D eigenvalue weighted by atomic mass is 10.0. The summed E-state index contributed by atoms with van der Waals surface area (Å²) >= 11 is 1.81. The zero-order valence-electron chi connectivity index (χ0n) is 22.3. The molecule has 2 fully saturated rings. The predicted octanol–water partition coefficient (Wildman–Crippen LogP) is 4.70. The molecule has 0 bridgehead atoms. The van der Waals surface area contributed by atoms with Crippen molar-refractivity contribution in [3.63, 3.8) is 0 Å². The summed E-state index contributed by atoms with van der Waals surface area (Å²) in [4.78, 5) is 42.3. The van der Waals surface area contributed by atoms with E-state index in [9.17, 15) is 22.8 Å². The molecule has 2 heterocycles. The van der Waals surface area contributed by atoms with Crippen molar-refractivity contribution >= 4 is 23.6 Å². The Bertz CT molecular complexity index is 1230. The molecule has 2 aromatic rings. The molecule has 1 aromatic carbocycles. The lowest BCUT2D eigenvalue weighted by molar-refractivity contribution is -0.192. The number of rotatable bonds is 8. The lowest BCUT2D eigenvalue weighted by Crippen LogP contribution is -2.42. The second-order valence-corrected chi connectivity index (χ2v) is 11.7. The molecule has 0 saturated heterocycles. The van der Waals surface area contributed by atoms with E-state index >= 15 is 0 Å². The van der Waals surface area contributed by atoms with Gasteiger partial charge in [-0.25, -0.2) is 9.78 Å². The summed E-state index contributed by atoms with van der Waals surface area (Å²) in [6.07, 6.45) is 4.27. The summed E-state index contributed by atoms with van der Waals surface area (Å²) in [6, 6.07) is 10.5. The number of aromatic nitrogens is 2. The van der Waals surface area contributed by atoms with Crippen molar-refractivity contribution in [2.45, 2.75) is 93.5 Å². The first kappa shape index (κ1) is 30.1. The number of halogens is 3. The molecule has 2 N–H and O–H groups in total. The van der Waals surface area contributed by atoms with Gasteiger partial charge in [-0.3, -0.25) is 14.2 Å². The Morgan fingerprint density at radius 1 is 1.07 bits per heavy atom. The quantitative estimate of drug-likeness (QED) is 0.345. The van der Waals surface area contributed by atoms with Crippen molar-refractivity contribution in [3.05, 3.63) is 57.5 Å². The number of hydrogen-bond donors (Lipinski definition) is 2. The zero-order chi connectivity index (χ0) is 28.7. The summed E-state index contributed by atoms with van der Waals surface area (Å²) in [7, 11) is 0. The smallest absolute Gasteiger partial charge is 0.475 e. The van der Waals surface area contributed by atoms with E-state index in [1.165, 1.54) is 37.7 Å². The van der Waals surface area contributed by atoms with Crippen molar-refractivity contribution in [2.75, 3.05) is 13.1 Å². The highest BCUT2D eigenvalue weighted by atomic mass is 32.2. The third kappa shape index (κ3) is 7.87. The predicted molar refractivity (Wildman–Crippen MR) is 145 cm³/mol. The van der Waals surface area contributed by atoms with E-state index in [1.54, 1.807) is 0 Å². The van der Waals surface area contributed by atoms with Crippen LogP contribution in [0.4, 0.5) is 13.2 Å². The topological polar surface area (TPSA) is 105 Å². The molecule has 2 aliphatic carbocycles. The Morgan fingerprint density at radius 3 is 2.35 bits per heavy atom. The van der Waals surface area contributed by atoms with Crippen LogP contribution in [0.15, 0.2) is 40.3 Å². The lowest BCUT2D eigenvalue weighted by Gasteiger charge is -2.31. The normalized spacial score (nSPS) is 17.5. The van der Waals surface area contributed by atoms with Crippen molar-refractivity contribution in [1.29, 1.82) is 0 Å². The van der Waals surface area contributed by atoms with Crippen LogP contribution in [0.3, 0.4) is 0 Å². The van der Waals surface area contributed by atoms with E-state index in [2.05, 4.69) is 17.4 Å². The van der Waals surface area contributed by atoms with Crippen molar-refractivity contribution in [2.24, 2.45) is 0 Å². The number of aliphatic carboxylic acids is 1. The number of carboxylic acids is 1. The number of amides is 1. The highest BCUT2D eigenvalue weighted by Crippen LogP contribution is 2.38. The number of carboxylic acid groups (broad SMARTS) is 1. The largest absolute Gasteiger partial charge is 0.490 e. The van der Waals surface area contributed by atoms with E-state index in [1.807, 2.05) is 39.4 Å². The molecule has 40 heavy (non-hydrogen) atoms. The maximum absolute atomic E-state index is 13.7. The average Bonchev–Trinajstić information content (AvgIpc) is 3.43. The van der Waals surface area contributed by atoms with Crippen molar-refractivity contribution < 1.29 is 27.9 Å². The minimum atomic E-state index is -5.08. The summed E-state index contributed by atoms with van der Waals surface area (Å²) in [5.41, 5.74) is 2.98. The van der Waals surface area contributed by atoms with Crippen LogP contribution in [0.25, 0.3) is 0 Å². The Morgan fingerprint density at radius 2 is 1.75 bits per heavy atom. The van der Waals surface area contributed by atoms with E-state index in [4.69, 9.17) is 14.9 Å². The van der Waals surface area contributed by atoms with Gasteiger partial charge < -0.3 is 15.3 Å². The molecule has 5 rings (SSSR count). The molecular weight excluding hydrogens is 545 g/mol. The van der Waals surface area contributed by atoms with Crippen molar-refractivity contribution in [3.8, 4) is 0 Å². The second kappa shape index (κ2) is 13.7. The molecule has 0 atom stereocenters. The Balaban J connectivity index is 0.000000470. The third-order valence-electron chi connectivity index (χ3n) is 7.53. The Kier molecular flexibility index (Phi) is 10.3. The van der Waals surface area contributed by atoms with Gasteiger partial charge in [-0.1, -0.05) is 61.4 Å². The number of carbonyl (C=O) groups is 2. The minimum absolute atomic E-state index is 0.105. The van der Waals surface area contributed by atoms with Gasteiger partial charge in [0.25, 0.3) is 5.56 Å². The van der Waals surface area contributed by atoms with Gasteiger partial charge in [0.15, 0.2) is 5.16 Å². The first-order valence-corrected chi connectivity index (χ1v) is 14.6. The van der Waals surface area contributed by atoms with Gasteiger partial charge in [0.2, 0.25) is 5.91 Å². The molecule has 2 saturated carbocycles. The van der Waals surface area contributed by atoms with Gasteiger partial charge in [-0.05, 0) is 31.2 Å². The van der Waals surface area contributed by atoms with Crippen LogP contribution < -0.4 is 10.9 Å². The number of carbonyl (C=O) groups excluding carboxylic acids is 1. The maximum atomic E-state index is 13.7. The fourth-order valence-corrected chi connectivity index (χ4v) is 6.44. The van der Waals surface area contributed by atoms with Crippen LogP contribution in [-0.4, -0.2) is 55.9 Å². The number of fused-ring (bicyclic) bond motifs is 1. The Labute approximate surface area is 235 Å². The first-order chi connectivity index (χ1) is 19.1. The van der Waals surface area contributed by atoms with E-state index < -0.39 is 12.1 Å².